The smallest absolute Gasteiger partial charge is 0.265 e. The van der Waals surface area contributed by atoms with E-state index < -0.39 is 0 Å². The fourth-order valence-corrected chi connectivity index (χ4v) is 3.05. The number of nitrogens with one attached hydrogen (secondary N) is 2. The molecular weight excluding hydrogens is 415 g/mol. The van der Waals surface area contributed by atoms with Crippen LogP contribution in [0.5, 0.6) is 0 Å². The molecule has 0 aliphatic rings. The van der Waals surface area contributed by atoms with Gasteiger partial charge in [0.05, 0.1) is 6.21 Å². The molecule has 24 heavy (non-hydrogen) atoms. The van der Waals surface area contributed by atoms with E-state index >= 15 is 0 Å². The van der Waals surface area contributed by atoms with Crippen molar-refractivity contribution in [2.75, 3.05) is 5.43 Å². The summed E-state index contributed by atoms with van der Waals surface area (Å²) in [7, 11) is 0. The van der Waals surface area contributed by atoms with E-state index in [0.29, 0.717) is 11.6 Å². The number of H-pyrrole nitrogens is 1. The molecule has 0 radical (unpaired) electrons. The molecule has 4 aromatic rings. The second kappa shape index (κ2) is 6.16. The van der Waals surface area contributed by atoms with Gasteiger partial charge in [-0.15, -0.1) is 10.2 Å². The van der Waals surface area contributed by atoms with Crippen LogP contribution in [-0.2, 0) is 0 Å². The normalized spacial score (nSPS) is 11.6. The maximum Gasteiger partial charge on any atom is 0.265 e. The first-order valence-corrected chi connectivity index (χ1v) is 8.44. The van der Waals surface area contributed by atoms with E-state index in [0.717, 1.165) is 25.6 Å². The second-order valence-corrected chi connectivity index (χ2v) is 6.68. The van der Waals surface area contributed by atoms with E-state index in [4.69, 9.17) is 0 Å². The standard InChI is InChI=1S/C17H13IN6/c1-10-5-6-14-13(7-10)15-16(20-14)21-17(24-22-15)23-19-9-11-3-2-4-12(18)8-11/h2-9H,1H3,(H2,20,21,23,24)/b19-9+. The lowest BCUT2D eigenvalue weighted by atomic mass is 10.2. The molecule has 2 aromatic carbocycles. The van der Waals surface area contributed by atoms with Crippen molar-refractivity contribution in [3.8, 4) is 0 Å². The average Bonchev–Trinajstić information content (AvgIpc) is 2.92. The Kier molecular flexibility index (Phi) is 3.85. The minimum Gasteiger partial charge on any atom is -0.338 e. The Morgan fingerprint density at radius 1 is 1.17 bits per heavy atom. The Hall–Kier alpha value is -2.55. The second-order valence-electron chi connectivity index (χ2n) is 5.43. The molecule has 0 aliphatic heterocycles. The predicted octanol–water partition coefficient (Wildman–Crippen LogP) is 3.87. The summed E-state index contributed by atoms with van der Waals surface area (Å²) >= 11 is 2.27. The number of anilines is 1. The van der Waals surface area contributed by atoms with E-state index in [2.05, 4.69) is 72.3 Å². The molecular formula is C17H13IN6. The summed E-state index contributed by atoms with van der Waals surface area (Å²) in [6, 6.07) is 14.2. The van der Waals surface area contributed by atoms with Crippen molar-refractivity contribution in [3.05, 3.63) is 57.2 Å². The summed E-state index contributed by atoms with van der Waals surface area (Å²) < 4.78 is 1.16. The predicted molar refractivity (Wildman–Crippen MR) is 104 cm³/mol. The van der Waals surface area contributed by atoms with E-state index in [-0.39, 0.29) is 0 Å². The van der Waals surface area contributed by atoms with Crippen LogP contribution in [0.15, 0.2) is 47.6 Å². The first-order valence-electron chi connectivity index (χ1n) is 7.36. The molecule has 0 saturated heterocycles. The van der Waals surface area contributed by atoms with Gasteiger partial charge < -0.3 is 4.98 Å². The molecule has 4 rings (SSSR count). The van der Waals surface area contributed by atoms with Crippen molar-refractivity contribution in [2.24, 2.45) is 5.10 Å². The van der Waals surface area contributed by atoms with Gasteiger partial charge in [-0.1, -0.05) is 23.8 Å². The quantitative estimate of drug-likeness (QED) is 0.295. The number of hydrogen-bond acceptors (Lipinski definition) is 5. The van der Waals surface area contributed by atoms with Crippen molar-refractivity contribution in [3.63, 3.8) is 0 Å². The van der Waals surface area contributed by atoms with E-state index in [9.17, 15) is 0 Å². The van der Waals surface area contributed by atoms with E-state index in [1.165, 1.54) is 5.56 Å². The van der Waals surface area contributed by atoms with Crippen molar-refractivity contribution in [1.29, 1.82) is 0 Å². The van der Waals surface area contributed by atoms with Gasteiger partial charge in [-0.2, -0.15) is 10.1 Å². The van der Waals surface area contributed by atoms with E-state index in [1.807, 2.05) is 30.3 Å². The molecule has 0 unspecified atom stereocenters. The minimum absolute atomic E-state index is 0.354. The number of aryl methyl sites for hydroxylation is 1. The maximum absolute atomic E-state index is 4.44. The largest absolute Gasteiger partial charge is 0.338 e. The molecule has 118 valence electrons. The third kappa shape index (κ3) is 2.94. The molecule has 0 amide bonds. The Balaban J connectivity index is 1.62. The van der Waals surface area contributed by atoms with Crippen molar-refractivity contribution in [2.45, 2.75) is 6.92 Å². The molecule has 6 nitrogen and oxygen atoms in total. The molecule has 0 saturated carbocycles. The van der Waals surface area contributed by atoms with Gasteiger partial charge in [-0.3, -0.25) is 0 Å². The minimum atomic E-state index is 0.354. The van der Waals surface area contributed by atoms with Crippen molar-refractivity contribution >= 4 is 56.8 Å². The lowest BCUT2D eigenvalue weighted by Crippen LogP contribution is -1.99. The molecule has 7 heteroatoms. The van der Waals surface area contributed by atoms with Gasteiger partial charge in [0.15, 0.2) is 5.65 Å². The zero-order valence-corrected chi connectivity index (χ0v) is 14.9. The Morgan fingerprint density at radius 2 is 2.08 bits per heavy atom. The SMILES string of the molecule is Cc1ccc2[nH]c3nc(N/N=C/c4cccc(I)c4)nnc3c2c1. The maximum atomic E-state index is 4.44. The molecule has 2 N–H and O–H groups in total. The number of aromatic amines is 1. The van der Waals surface area contributed by atoms with Crippen molar-refractivity contribution < 1.29 is 0 Å². The van der Waals surface area contributed by atoms with Crippen LogP contribution in [0.25, 0.3) is 22.1 Å². The third-order valence-electron chi connectivity index (χ3n) is 3.60. The summed E-state index contributed by atoms with van der Waals surface area (Å²) in [5, 5.41) is 13.6. The first kappa shape index (κ1) is 15.0. The van der Waals surface area contributed by atoms with Crippen LogP contribution in [0.3, 0.4) is 0 Å². The van der Waals surface area contributed by atoms with Gasteiger partial charge in [0.1, 0.15) is 5.52 Å². The topological polar surface area (TPSA) is 78.9 Å². The Labute approximate surface area is 151 Å². The van der Waals surface area contributed by atoms with E-state index in [1.54, 1.807) is 6.21 Å². The molecule has 0 spiro atoms. The Morgan fingerprint density at radius 3 is 2.96 bits per heavy atom. The molecule has 0 bridgehead atoms. The summed E-state index contributed by atoms with van der Waals surface area (Å²) in [4.78, 5) is 7.69. The number of halogens is 1. The number of benzene rings is 2. The number of nitrogens with zero attached hydrogens (tertiary/aromatic N) is 4. The summed E-state index contributed by atoms with van der Waals surface area (Å²) in [6.45, 7) is 2.05. The van der Waals surface area contributed by atoms with Gasteiger partial charge >= 0.3 is 0 Å². The van der Waals surface area contributed by atoms with Crippen LogP contribution in [-0.4, -0.2) is 26.4 Å². The van der Waals surface area contributed by atoms with Gasteiger partial charge in [0.25, 0.3) is 5.95 Å². The lowest BCUT2D eigenvalue weighted by molar-refractivity contribution is 1.01. The van der Waals surface area contributed by atoms with Crippen LogP contribution in [0.4, 0.5) is 5.95 Å². The molecule has 0 atom stereocenters. The van der Waals surface area contributed by atoms with Gasteiger partial charge in [0.2, 0.25) is 0 Å². The highest BCUT2D eigenvalue weighted by Gasteiger charge is 2.08. The molecule has 2 heterocycles. The lowest BCUT2D eigenvalue weighted by Gasteiger charge is -1.98. The zero-order valence-electron chi connectivity index (χ0n) is 12.8. The number of rotatable bonds is 3. The number of hydrazone groups is 1. The van der Waals surface area contributed by atoms with Crippen molar-refractivity contribution in [1.82, 2.24) is 20.2 Å². The first-order chi connectivity index (χ1) is 11.7. The number of fused-ring (bicyclic) bond motifs is 3. The third-order valence-corrected chi connectivity index (χ3v) is 4.27. The van der Waals surface area contributed by atoms with Crippen LogP contribution in [0.1, 0.15) is 11.1 Å². The molecule has 2 aromatic heterocycles. The summed E-state index contributed by atoms with van der Waals surface area (Å²) in [5.41, 5.74) is 7.46. The monoisotopic (exact) mass is 428 g/mol. The highest BCUT2D eigenvalue weighted by molar-refractivity contribution is 14.1. The van der Waals surface area contributed by atoms with Gasteiger partial charge in [-0.05, 0) is 59.3 Å². The highest BCUT2D eigenvalue weighted by atomic mass is 127. The average molecular weight is 428 g/mol. The zero-order chi connectivity index (χ0) is 16.5. The molecule has 0 fully saturated rings. The van der Waals surface area contributed by atoms with Crippen LogP contribution in [0.2, 0.25) is 0 Å². The van der Waals surface area contributed by atoms with Gasteiger partial charge in [0, 0.05) is 14.5 Å². The molecule has 0 aliphatic carbocycles. The Bertz CT molecular complexity index is 1070. The summed E-state index contributed by atoms with van der Waals surface area (Å²) in [6.07, 6.45) is 1.73. The van der Waals surface area contributed by atoms with Crippen LogP contribution < -0.4 is 5.43 Å². The van der Waals surface area contributed by atoms with Crippen LogP contribution in [0, 0.1) is 10.5 Å². The summed E-state index contributed by atoms with van der Waals surface area (Å²) in [5.74, 6) is 0.354. The highest BCUT2D eigenvalue weighted by Crippen LogP contribution is 2.23. The fourth-order valence-electron chi connectivity index (χ4n) is 2.48. The van der Waals surface area contributed by atoms with Crippen LogP contribution >= 0.6 is 22.6 Å². The number of hydrogen-bond donors (Lipinski definition) is 2. The van der Waals surface area contributed by atoms with Gasteiger partial charge in [-0.25, -0.2) is 5.43 Å². The fraction of sp³-hybridized carbons (Fsp3) is 0.0588. The number of aromatic nitrogens is 4.